The van der Waals surface area contributed by atoms with Crippen molar-refractivity contribution in [2.75, 3.05) is 0 Å². The molecule has 0 saturated carbocycles. The zero-order chi connectivity index (χ0) is 14.3. The Balaban J connectivity index is -0.00000000545. The van der Waals surface area contributed by atoms with E-state index in [0.717, 1.165) is 0 Å². The van der Waals surface area contributed by atoms with Crippen molar-refractivity contribution in [2.45, 2.75) is 0 Å². The van der Waals surface area contributed by atoms with Gasteiger partial charge in [-0.2, -0.15) is 0 Å². The molecule has 0 aromatic carbocycles. The predicted octanol–water partition coefficient (Wildman–Crippen LogP) is -22.1. The first-order chi connectivity index (χ1) is 6.93. The third-order valence-corrected chi connectivity index (χ3v) is 0. The molecule has 0 saturated heterocycles. The van der Waals surface area contributed by atoms with Gasteiger partial charge >= 0.3 is 81.1 Å². The van der Waals surface area contributed by atoms with Gasteiger partial charge in [-0.15, -0.1) is 0 Å². The van der Waals surface area contributed by atoms with Crippen molar-refractivity contribution in [3.05, 3.63) is 0 Å². The Morgan fingerprint density at radius 2 is 0.346 bits per heavy atom. The SMILES string of the molecule is O.O.O.O.O.O.O.O.OB(O)O.OB(O)O.OB(O)O.[Na+].[Na+].[O-]B([O-])O. The molecule has 0 unspecified atom stereocenters. The number of rotatable bonds is 0. The normalized spacial score (nSPS) is 4.15. The Bertz CT molecular complexity index is 68.8. The molecular weight excluding hydrogens is 409 g/mol. The molecule has 160 valence electrons. The van der Waals surface area contributed by atoms with Crippen LogP contribution >= 0.6 is 0 Å². The maximum Gasteiger partial charge on any atom is 1.00 e. The summed E-state index contributed by atoms with van der Waals surface area (Å²) in [7, 11) is -9.17. The molecule has 0 fully saturated rings. The van der Waals surface area contributed by atoms with Crippen molar-refractivity contribution in [3.63, 3.8) is 0 Å². The van der Waals surface area contributed by atoms with Crippen LogP contribution in [0.2, 0.25) is 0 Å². The van der Waals surface area contributed by atoms with Crippen LogP contribution < -0.4 is 69.2 Å². The third kappa shape index (κ3) is 7150. The summed E-state index contributed by atoms with van der Waals surface area (Å²) in [4.78, 5) is 0. The maximum absolute atomic E-state index is 8.53. The van der Waals surface area contributed by atoms with E-state index in [-0.39, 0.29) is 103 Å². The molecule has 0 heterocycles. The smallest absolute Gasteiger partial charge is 0.871 e. The van der Waals surface area contributed by atoms with E-state index in [2.05, 4.69) is 0 Å². The molecule has 26 heteroatoms. The van der Waals surface area contributed by atoms with Crippen LogP contribution in [0.5, 0.6) is 0 Å². The van der Waals surface area contributed by atoms with Gasteiger partial charge in [0, 0.05) is 0 Å². The Hall–Kier alpha value is 1.46. The average molecular weight is 435 g/mol. The monoisotopic (exact) mass is 436 g/mol. The standard InChI is InChI=1S/3BH3O3.BHO3.2Na.8H2O/c4*2-1(3)4;;;;;;;;;;/h3*2-4H;2H;;;8*1H2/q;;;-2;2*+1;;;;;;;;. The summed E-state index contributed by atoms with van der Waals surface area (Å²) in [6, 6.07) is 0. The van der Waals surface area contributed by atoms with Crippen LogP contribution in [0.3, 0.4) is 0 Å². The van der Waals surface area contributed by atoms with E-state index in [1.165, 1.54) is 0 Å². The molecule has 0 rings (SSSR count). The Labute approximate surface area is 191 Å². The van der Waals surface area contributed by atoms with E-state index in [4.69, 9.17) is 60.3 Å². The van der Waals surface area contributed by atoms with E-state index in [0.29, 0.717) is 0 Å². The molecule has 20 nitrogen and oxygen atoms in total. The van der Waals surface area contributed by atoms with Crippen molar-refractivity contribution in [3.8, 4) is 0 Å². The van der Waals surface area contributed by atoms with Gasteiger partial charge < -0.3 is 104 Å². The summed E-state index contributed by atoms with van der Waals surface area (Å²) in [5, 5.41) is 88.5. The van der Waals surface area contributed by atoms with E-state index in [1.54, 1.807) is 0 Å². The first kappa shape index (κ1) is 106. The second kappa shape index (κ2) is 94.7. The van der Waals surface area contributed by atoms with Gasteiger partial charge in [-0.1, -0.05) is 0 Å². The Kier molecular flexibility index (Phi) is 386. The molecule has 0 radical (unpaired) electrons. The summed E-state index contributed by atoms with van der Waals surface area (Å²) < 4.78 is 0. The van der Waals surface area contributed by atoms with Gasteiger partial charge in [0.25, 0.3) is 0 Å². The van der Waals surface area contributed by atoms with Gasteiger partial charge in [0.2, 0.25) is 0 Å². The zero-order valence-corrected chi connectivity index (χ0v) is 17.6. The van der Waals surface area contributed by atoms with E-state index in [1.807, 2.05) is 0 Å². The van der Waals surface area contributed by atoms with Crippen LogP contribution in [-0.4, -0.2) is 123 Å². The van der Waals surface area contributed by atoms with Crippen LogP contribution in [0, 0.1) is 0 Å². The maximum atomic E-state index is 8.53. The van der Waals surface area contributed by atoms with Crippen molar-refractivity contribution in [1.29, 1.82) is 0 Å². The predicted molar refractivity (Wildman–Crippen MR) is 74.1 cm³/mol. The third-order valence-electron chi connectivity index (χ3n) is 0. The van der Waals surface area contributed by atoms with Crippen LogP contribution in [0.4, 0.5) is 0 Å². The Morgan fingerprint density at radius 1 is 0.346 bits per heavy atom. The fourth-order valence-corrected chi connectivity index (χ4v) is 0. The summed E-state index contributed by atoms with van der Waals surface area (Å²) in [6.07, 6.45) is 0. The molecule has 0 amide bonds. The van der Waals surface area contributed by atoms with E-state index in [9.17, 15) is 0 Å². The van der Waals surface area contributed by atoms with E-state index < -0.39 is 29.3 Å². The fraction of sp³-hybridized carbons (Fsp3) is 0. The number of hydrogen-bond acceptors (Lipinski definition) is 12. The van der Waals surface area contributed by atoms with Crippen LogP contribution in [-0.2, 0) is 0 Å². The average Bonchev–Trinajstić information content (AvgIpc) is 1.76. The molecule has 0 bridgehead atoms. The molecule has 0 aromatic heterocycles. The molecule has 26 heavy (non-hydrogen) atoms. The van der Waals surface area contributed by atoms with Crippen molar-refractivity contribution in [1.82, 2.24) is 0 Å². The van der Waals surface area contributed by atoms with Gasteiger partial charge in [-0.25, -0.2) is 0 Å². The summed E-state index contributed by atoms with van der Waals surface area (Å²) in [6.45, 7) is 0. The van der Waals surface area contributed by atoms with Crippen molar-refractivity contribution >= 4 is 29.3 Å². The van der Waals surface area contributed by atoms with Crippen LogP contribution in [0.1, 0.15) is 0 Å². The van der Waals surface area contributed by atoms with Crippen molar-refractivity contribution < 1.29 is 163 Å². The molecule has 0 aliphatic heterocycles. The fourth-order valence-electron chi connectivity index (χ4n) is 0. The first-order valence-electron chi connectivity index (χ1n) is 3.05. The van der Waals surface area contributed by atoms with Crippen LogP contribution in [0.25, 0.3) is 0 Å². The summed E-state index contributed by atoms with van der Waals surface area (Å²) in [5.74, 6) is 0. The first-order valence-corrected chi connectivity index (χ1v) is 3.05. The summed E-state index contributed by atoms with van der Waals surface area (Å²) in [5.41, 5.74) is 0. The minimum atomic E-state index is -2.67. The Morgan fingerprint density at radius 3 is 0.346 bits per heavy atom. The largest absolute Gasteiger partial charge is 1.00 e. The summed E-state index contributed by atoms with van der Waals surface area (Å²) >= 11 is 0. The molecule has 0 atom stereocenters. The second-order valence-corrected chi connectivity index (χ2v) is 1.35. The van der Waals surface area contributed by atoms with E-state index >= 15 is 0 Å². The molecule has 0 aliphatic carbocycles. The molecule has 0 aromatic rings. The molecule has 26 N–H and O–H groups in total. The zero-order valence-electron chi connectivity index (χ0n) is 13.6. The van der Waals surface area contributed by atoms with Gasteiger partial charge in [0.05, 0.1) is 7.32 Å². The minimum absolute atomic E-state index is 0. The van der Waals surface area contributed by atoms with Gasteiger partial charge in [-0.05, 0) is 0 Å². The topological polar surface area (TPSA) is 500 Å². The van der Waals surface area contributed by atoms with Crippen molar-refractivity contribution in [2.24, 2.45) is 0 Å². The molecular formula is H26B4Na2O20. The molecule has 0 spiro atoms. The van der Waals surface area contributed by atoms with Gasteiger partial charge in [0.15, 0.2) is 0 Å². The van der Waals surface area contributed by atoms with Gasteiger partial charge in [0.1, 0.15) is 0 Å². The number of hydrogen-bond donors (Lipinski definition) is 10. The van der Waals surface area contributed by atoms with Gasteiger partial charge in [-0.3, -0.25) is 0 Å². The minimum Gasteiger partial charge on any atom is -0.871 e. The van der Waals surface area contributed by atoms with Crippen LogP contribution in [0.15, 0.2) is 0 Å². The quantitative estimate of drug-likeness (QED) is 0.158. The molecule has 0 aliphatic rings. The second-order valence-electron chi connectivity index (χ2n) is 1.35.